The number of Topliss-reactive ketones (excluding diaryl/α,β-unsaturated/α-hetero) is 1. The van der Waals surface area contributed by atoms with Gasteiger partial charge in [-0.05, 0) is 50.3 Å². The van der Waals surface area contributed by atoms with Gasteiger partial charge in [0.1, 0.15) is 5.60 Å². The Morgan fingerprint density at radius 3 is 2.81 bits per heavy atom. The summed E-state index contributed by atoms with van der Waals surface area (Å²) >= 11 is 0. The molecule has 0 saturated heterocycles. The fourth-order valence-corrected chi connectivity index (χ4v) is 3.25. The Morgan fingerprint density at radius 2 is 2.24 bits per heavy atom. The van der Waals surface area contributed by atoms with Crippen molar-refractivity contribution in [1.29, 1.82) is 0 Å². The molecule has 0 bridgehead atoms. The van der Waals surface area contributed by atoms with Crippen molar-refractivity contribution in [2.75, 3.05) is 13.7 Å². The molecule has 0 radical (unpaired) electrons. The van der Waals surface area contributed by atoms with Crippen molar-refractivity contribution in [3.8, 4) is 5.75 Å². The van der Waals surface area contributed by atoms with E-state index in [4.69, 9.17) is 9.47 Å². The van der Waals surface area contributed by atoms with Gasteiger partial charge in [-0.25, -0.2) is 4.39 Å². The SMILES string of the molecule is CCOC1(C(=O)c2ccc(OC)c(F)c2)CCCC(C)C1. The van der Waals surface area contributed by atoms with Gasteiger partial charge < -0.3 is 9.47 Å². The van der Waals surface area contributed by atoms with Crippen LogP contribution >= 0.6 is 0 Å². The molecule has 3 nitrogen and oxygen atoms in total. The van der Waals surface area contributed by atoms with Crippen molar-refractivity contribution in [2.45, 2.75) is 45.1 Å². The highest BCUT2D eigenvalue weighted by molar-refractivity contribution is 6.02. The molecule has 0 N–H and O–H groups in total. The predicted molar refractivity (Wildman–Crippen MR) is 79.3 cm³/mol. The fraction of sp³-hybridized carbons (Fsp3) is 0.588. The van der Waals surface area contributed by atoms with Crippen LogP contribution in [0, 0.1) is 11.7 Å². The second kappa shape index (κ2) is 6.56. The van der Waals surface area contributed by atoms with Gasteiger partial charge in [0.15, 0.2) is 17.3 Å². The first-order valence-electron chi connectivity index (χ1n) is 7.54. The monoisotopic (exact) mass is 294 g/mol. The van der Waals surface area contributed by atoms with E-state index in [9.17, 15) is 9.18 Å². The second-order valence-electron chi connectivity index (χ2n) is 5.81. The lowest BCUT2D eigenvalue weighted by Gasteiger charge is -2.38. The molecule has 1 aliphatic carbocycles. The van der Waals surface area contributed by atoms with Crippen LogP contribution in [-0.4, -0.2) is 25.1 Å². The van der Waals surface area contributed by atoms with Crippen LogP contribution in [0.25, 0.3) is 0 Å². The lowest BCUT2D eigenvalue weighted by molar-refractivity contribution is -0.0511. The lowest BCUT2D eigenvalue weighted by atomic mass is 9.74. The van der Waals surface area contributed by atoms with Crippen LogP contribution < -0.4 is 4.74 Å². The highest BCUT2D eigenvalue weighted by Gasteiger charge is 2.42. The topological polar surface area (TPSA) is 35.5 Å². The Morgan fingerprint density at radius 1 is 1.48 bits per heavy atom. The van der Waals surface area contributed by atoms with E-state index in [-0.39, 0.29) is 11.5 Å². The van der Waals surface area contributed by atoms with Crippen LogP contribution in [0.4, 0.5) is 4.39 Å². The van der Waals surface area contributed by atoms with Crippen molar-refractivity contribution in [3.05, 3.63) is 29.6 Å². The van der Waals surface area contributed by atoms with E-state index in [2.05, 4.69) is 6.92 Å². The van der Waals surface area contributed by atoms with Crippen LogP contribution in [0.1, 0.15) is 49.9 Å². The van der Waals surface area contributed by atoms with Crippen LogP contribution in [0.3, 0.4) is 0 Å². The molecule has 21 heavy (non-hydrogen) atoms. The van der Waals surface area contributed by atoms with Gasteiger partial charge in [0.05, 0.1) is 7.11 Å². The molecule has 2 atom stereocenters. The van der Waals surface area contributed by atoms with Gasteiger partial charge in [-0.2, -0.15) is 0 Å². The molecule has 1 aromatic carbocycles. The van der Waals surface area contributed by atoms with E-state index >= 15 is 0 Å². The average molecular weight is 294 g/mol. The van der Waals surface area contributed by atoms with Crippen LogP contribution in [-0.2, 0) is 4.74 Å². The molecule has 2 rings (SSSR count). The standard InChI is InChI=1S/C17H23FO3/c1-4-21-17(9-5-6-12(2)11-17)16(19)13-7-8-15(20-3)14(18)10-13/h7-8,10,12H,4-6,9,11H2,1-3H3. The van der Waals surface area contributed by atoms with E-state index in [0.29, 0.717) is 30.9 Å². The summed E-state index contributed by atoms with van der Waals surface area (Å²) in [6.45, 7) is 4.51. The second-order valence-corrected chi connectivity index (χ2v) is 5.81. The average Bonchev–Trinajstić information content (AvgIpc) is 2.46. The van der Waals surface area contributed by atoms with Gasteiger partial charge in [0.25, 0.3) is 0 Å². The Bertz CT molecular complexity index is 511. The molecule has 0 aliphatic heterocycles. The zero-order valence-corrected chi connectivity index (χ0v) is 12.9. The molecule has 1 aliphatic rings. The summed E-state index contributed by atoms with van der Waals surface area (Å²) in [6, 6.07) is 4.36. The number of hydrogen-bond acceptors (Lipinski definition) is 3. The summed E-state index contributed by atoms with van der Waals surface area (Å²) < 4.78 is 24.6. The zero-order chi connectivity index (χ0) is 15.5. The molecular formula is C17H23FO3. The number of hydrogen-bond donors (Lipinski definition) is 0. The molecule has 116 valence electrons. The molecule has 1 aromatic rings. The van der Waals surface area contributed by atoms with E-state index in [1.165, 1.54) is 19.2 Å². The minimum absolute atomic E-state index is 0.113. The summed E-state index contributed by atoms with van der Waals surface area (Å²) in [5, 5.41) is 0. The Hall–Kier alpha value is -1.42. The highest BCUT2D eigenvalue weighted by atomic mass is 19.1. The van der Waals surface area contributed by atoms with Gasteiger partial charge in [-0.3, -0.25) is 4.79 Å². The van der Waals surface area contributed by atoms with Crippen molar-refractivity contribution < 1.29 is 18.7 Å². The molecule has 0 heterocycles. The maximum atomic E-state index is 13.8. The van der Waals surface area contributed by atoms with Gasteiger partial charge in [-0.1, -0.05) is 13.3 Å². The summed E-state index contributed by atoms with van der Waals surface area (Å²) in [5.74, 6) is -0.0392. The number of benzene rings is 1. The number of carbonyl (C=O) groups is 1. The summed E-state index contributed by atoms with van der Waals surface area (Å²) in [7, 11) is 1.41. The van der Waals surface area contributed by atoms with Crippen LogP contribution in [0.15, 0.2) is 18.2 Å². The normalized spacial score (nSPS) is 25.6. The zero-order valence-electron chi connectivity index (χ0n) is 12.9. The van der Waals surface area contributed by atoms with Gasteiger partial charge in [0, 0.05) is 12.2 Å². The number of methoxy groups -OCH3 is 1. The summed E-state index contributed by atoms with van der Waals surface area (Å²) in [6.07, 6.45) is 3.48. The van der Waals surface area contributed by atoms with E-state index in [1.54, 1.807) is 6.07 Å². The third-order valence-corrected chi connectivity index (χ3v) is 4.20. The molecular weight excluding hydrogens is 271 g/mol. The maximum Gasteiger partial charge on any atom is 0.194 e. The molecule has 1 fully saturated rings. The fourth-order valence-electron chi connectivity index (χ4n) is 3.25. The smallest absolute Gasteiger partial charge is 0.194 e. The van der Waals surface area contributed by atoms with E-state index in [1.807, 2.05) is 6.92 Å². The number of ketones is 1. The van der Waals surface area contributed by atoms with Crippen molar-refractivity contribution in [3.63, 3.8) is 0 Å². The van der Waals surface area contributed by atoms with Crippen molar-refractivity contribution in [2.24, 2.45) is 5.92 Å². The third kappa shape index (κ3) is 3.26. The third-order valence-electron chi connectivity index (χ3n) is 4.20. The Balaban J connectivity index is 2.32. The molecule has 2 unspecified atom stereocenters. The summed E-state index contributed by atoms with van der Waals surface area (Å²) in [4.78, 5) is 12.9. The Kier molecular flexibility index (Phi) is 4.99. The largest absolute Gasteiger partial charge is 0.494 e. The first-order valence-corrected chi connectivity index (χ1v) is 7.54. The molecule has 0 aromatic heterocycles. The van der Waals surface area contributed by atoms with Crippen molar-refractivity contribution >= 4 is 5.78 Å². The van der Waals surface area contributed by atoms with Crippen LogP contribution in [0.2, 0.25) is 0 Å². The minimum Gasteiger partial charge on any atom is -0.494 e. The molecule has 1 saturated carbocycles. The van der Waals surface area contributed by atoms with Gasteiger partial charge >= 0.3 is 0 Å². The minimum atomic E-state index is -0.798. The van der Waals surface area contributed by atoms with Gasteiger partial charge in [-0.15, -0.1) is 0 Å². The number of ether oxygens (including phenoxy) is 2. The lowest BCUT2D eigenvalue weighted by Crippen LogP contribution is -2.45. The van der Waals surface area contributed by atoms with E-state index in [0.717, 1.165) is 12.8 Å². The summed E-state index contributed by atoms with van der Waals surface area (Å²) in [5.41, 5.74) is -0.441. The van der Waals surface area contributed by atoms with Crippen molar-refractivity contribution in [1.82, 2.24) is 0 Å². The Labute approximate surface area is 125 Å². The van der Waals surface area contributed by atoms with E-state index < -0.39 is 11.4 Å². The number of carbonyl (C=O) groups excluding carboxylic acids is 1. The quantitative estimate of drug-likeness (QED) is 0.770. The molecule has 4 heteroatoms. The van der Waals surface area contributed by atoms with Gasteiger partial charge in [0.2, 0.25) is 0 Å². The predicted octanol–water partition coefficient (Wildman–Crippen LogP) is 4.00. The molecule has 0 spiro atoms. The first kappa shape index (κ1) is 16.0. The number of halogens is 1. The first-order chi connectivity index (χ1) is 10.0. The molecule has 0 amide bonds. The number of rotatable bonds is 5. The van der Waals surface area contributed by atoms with Crippen LogP contribution in [0.5, 0.6) is 5.75 Å². The highest BCUT2D eigenvalue weighted by Crippen LogP contribution is 2.38. The maximum absolute atomic E-state index is 13.8.